The third-order valence-corrected chi connectivity index (χ3v) is 5.59. The summed E-state index contributed by atoms with van der Waals surface area (Å²) >= 11 is 0. The molecule has 0 radical (unpaired) electrons. The number of carboxylic acids is 1. The van der Waals surface area contributed by atoms with Crippen LogP contribution >= 0.6 is 0 Å². The van der Waals surface area contributed by atoms with Crippen LogP contribution < -0.4 is 10.1 Å². The summed E-state index contributed by atoms with van der Waals surface area (Å²) in [5.74, 6) is 0.00697. The minimum atomic E-state index is -0.899. The van der Waals surface area contributed by atoms with E-state index in [1.54, 1.807) is 19.2 Å². The van der Waals surface area contributed by atoms with Crippen LogP contribution in [0.15, 0.2) is 42.6 Å². The molecule has 2 aromatic carbocycles. The number of carboxylic acid groups (broad SMARTS) is 1. The van der Waals surface area contributed by atoms with E-state index in [1.807, 2.05) is 18.3 Å². The van der Waals surface area contributed by atoms with Crippen molar-refractivity contribution in [2.45, 2.75) is 19.5 Å². The van der Waals surface area contributed by atoms with Gasteiger partial charge in [-0.1, -0.05) is 12.1 Å². The molecule has 1 unspecified atom stereocenters. The Labute approximate surface area is 164 Å². The van der Waals surface area contributed by atoms with Gasteiger partial charge in [-0.15, -0.1) is 0 Å². The Kier molecular flexibility index (Phi) is 5.07. The number of piperazine rings is 1. The number of nitrogens with zero attached hydrogens (tertiary/aromatic N) is 1. The number of carbonyl (C=O) groups is 1. The first-order valence-corrected chi connectivity index (χ1v) is 9.50. The molecule has 28 heavy (non-hydrogen) atoms. The molecule has 1 atom stereocenters. The van der Waals surface area contributed by atoms with Crippen molar-refractivity contribution in [3.8, 4) is 5.75 Å². The summed E-state index contributed by atoms with van der Waals surface area (Å²) in [7, 11) is 1.72. The molecule has 6 nitrogen and oxygen atoms in total. The number of aromatic amines is 1. The quantitative estimate of drug-likeness (QED) is 0.634. The van der Waals surface area contributed by atoms with Crippen LogP contribution in [0.1, 0.15) is 33.1 Å². The number of methoxy groups -OCH3 is 1. The lowest BCUT2D eigenvalue weighted by atomic mass is 9.99. The Morgan fingerprint density at radius 2 is 2.07 bits per heavy atom. The van der Waals surface area contributed by atoms with Gasteiger partial charge >= 0.3 is 5.97 Å². The van der Waals surface area contributed by atoms with Gasteiger partial charge in [0.05, 0.1) is 12.7 Å². The van der Waals surface area contributed by atoms with Crippen molar-refractivity contribution in [1.82, 2.24) is 15.2 Å². The summed E-state index contributed by atoms with van der Waals surface area (Å²) in [6.45, 7) is 5.52. The van der Waals surface area contributed by atoms with Crippen LogP contribution in [0.3, 0.4) is 0 Å². The molecular weight excluding hydrogens is 354 g/mol. The lowest BCUT2D eigenvalue weighted by Gasteiger charge is -2.37. The average molecular weight is 379 g/mol. The average Bonchev–Trinajstić information content (AvgIpc) is 3.21. The fourth-order valence-corrected chi connectivity index (χ4v) is 4.10. The predicted molar refractivity (Wildman–Crippen MR) is 109 cm³/mol. The number of hydrogen-bond acceptors (Lipinski definition) is 4. The zero-order chi connectivity index (χ0) is 19.7. The Morgan fingerprint density at radius 1 is 1.29 bits per heavy atom. The standard InChI is InChI=1S/C22H25N3O3/c1-14-11-20(28-2)18(17-7-8-24-21(14)17)13-25-10-9-23-12-19(25)15-3-5-16(6-4-15)22(26)27/h3-8,11,19,23-24H,9-10,12-13H2,1-2H3,(H,26,27). The minimum Gasteiger partial charge on any atom is -0.496 e. The number of H-pyrrole nitrogens is 1. The number of aromatic nitrogens is 1. The van der Waals surface area contributed by atoms with Gasteiger partial charge in [0, 0.05) is 54.9 Å². The summed E-state index contributed by atoms with van der Waals surface area (Å²) in [6.07, 6.45) is 1.97. The summed E-state index contributed by atoms with van der Waals surface area (Å²) < 4.78 is 5.71. The Morgan fingerprint density at radius 3 is 2.79 bits per heavy atom. The van der Waals surface area contributed by atoms with Gasteiger partial charge in [-0.05, 0) is 42.3 Å². The number of hydrogen-bond donors (Lipinski definition) is 3. The van der Waals surface area contributed by atoms with Crippen molar-refractivity contribution < 1.29 is 14.6 Å². The Bertz CT molecular complexity index is 994. The van der Waals surface area contributed by atoms with E-state index >= 15 is 0 Å². The van der Waals surface area contributed by atoms with E-state index in [0.29, 0.717) is 5.56 Å². The largest absolute Gasteiger partial charge is 0.496 e. The van der Waals surface area contributed by atoms with Crippen molar-refractivity contribution in [3.05, 3.63) is 64.8 Å². The minimum absolute atomic E-state index is 0.177. The van der Waals surface area contributed by atoms with Crippen molar-refractivity contribution in [2.24, 2.45) is 0 Å². The van der Waals surface area contributed by atoms with E-state index < -0.39 is 5.97 Å². The molecule has 1 saturated heterocycles. The molecule has 1 aromatic heterocycles. The molecule has 0 aliphatic carbocycles. The molecule has 6 heteroatoms. The maximum atomic E-state index is 11.2. The van der Waals surface area contributed by atoms with E-state index in [9.17, 15) is 4.79 Å². The Balaban J connectivity index is 1.68. The van der Waals surface area contributed by atoms with Gasteiger partial charge in [-0.2, -0.15) is 0 Å². The number of aryl methyl sites for hydroxylation is 1. The lowest BCUT2D eigenvalue weighted by Crippen LogP contribution is -2.45. The van der Waals surface area contributed by atoms with Gasteiger partial charge in [-0.3, -0.25) is 4.90 Å². The lowest BCUT2D eigenvalue weighted by molar-refractivity contribution is 0.0696. The van der Waals surface area contributed by atoms with Crippen LogP contribution in [-0.4, -0.2) is 47.7 Å². The number of aromatic carboxylic acids is 1. The molecule has 146 valence electrons. The highest BCUT2D eigenvalue weighted by molar-refractivity contribution is 5.88. The number of nitrogens with one attached hydrogen (secondary N) is 2. The molecule has 1 aliphatic heterocycles. The van der Waals surface area contributed by atoms with Crippen molar-refractivity contribution in [3.63, 3.8) is 0 Å². The van der Waals surface area contributed by atoms with Crippen LogP contribution in [0.2, 0.25) is 0 Å². The second kappa shape index (κ2) is 7.66. The maximum Gasteiger partial charge on any atom is 0.335 e. The number of ether oxygens (including phenoxy) is 1. The molecule has 3 N–H and O–H groups in total. The molecule has 0 bridgehead atoms. The smallest absolute Gasteiger partial charge is 0.335 e. The third kappa shape index (κ3) is 3.37. The molecule has 1 aliphatic rings. The van der Waals surface area contributed by atoms with Crippen LogP contribution in [0.4, 0.5) is 0 Å². The van der Waals surface area contributed by atoms with Gasteiger partial charge in [0.1, 0.15) is 5.75 Å². The highest BCUT2D eigenvalue weighted by Gasteiger charge is 2.26. The first-order chi connectivity index (χ1) is 13.6. The van der Waals surface area contributed by atoms with Crippen molar-refractivity contribution >= 4 is 16.9 Å². The van der Waals surface area contributed by atoms with Gasteiger partial charge in [0.25, 0.3) is 0 Å². The van der Waals surface area contributed by atoms with Crippen LogP contribution in [0.25, 0.3) is 10.9 Å². The SMILES string of the molecule is COc1cc(C)c2[nH]ccc2c1CN1CCNCC1c1ccc(C(=O)O)cc1. The molecule has 0 saturated carbocycles. The van der Waals surface area contributed by atoms with Crippen molar-refractivity contribution in [2.75, 3.05) is 26.7 Å². The van der Waals surface area contributed by atoms with E-state index in [-0.39, 0.29) is 6.04 Å². The zero-order valence-electron chi connectivity index (χ0n) is 16.2. The van der Waals surface area contributed by atoms with Gasteiger partial charge in [0.15, 0.2) is 0 Å². The van der Waals surface area contributed by atoms with Gasteiger partial charge in [0.2, 0.25) is 0 Å². The normalized spacial score (nSPS) is 17.7. The molecule has 0 spiro atoms. The second-order valence-electron chi connectivity index (χ2n) is 7.26. The molecule has 1 fully saturated rings. The fourth-order valence-electron chi connectivity index (χ4n) is 4.10. The third-order valence-electron chi connectivity index (χ3n) is 5.59. The summed E-state index contributed by atoms with van der Waals surface area (Å²) in [5, 5.41) is 13.8. The van der Waals surface area contributed by atoms with Crippen LogP contribution in [0.5, 0.6) is 5.75 Å². The monoisotopic (exact) mass is 379 g/mol. The molecular formula is C22H25N3O3. The van der Waals surface area contributed by atoms with E-state index in [4.69, 9.17) is 9.84 Å². The first kappa shape index (κ1) is 18.5. The zero-order valence-corrected chi connectivity index (χ0v) is 16.2. The van der Waals surface area contributed by atoms with Crippen LogP contribution in [0, 0.1) is 6.92 Å². The summed E-state index contributed by atoms with van der Waals surface area (Å²) in [5.41, 5.74) is 4.93. The van der Waals surface area contributed by atoms with E-state index in [1.165, 1.54) is 16.5 Å². The molecule has 3 aromatic rings. The number of benzene rings is 2. The van der Waals surface area contributed by atoms with Gasteiger partial charge in [-0.25, -0.2) is 4.79 Å². The maximum absolute atomic E-state index is 11.2. The fraction of sp³-hybridized carbons (Fsp3) is 0.318. The van der Waals surface area contributed by atoms with Crippen LogP contribution in [-0.2, 0) is 6.54 Å². The van der Waals surface area contributed by atoms with E-state index in [0.717, 1.165) is 43.0 Å². The summed E-state index contributed by atoms with van der Waals surface area (Å²) in [6, 6.07) is 11.6. The number of fused-ring (bicyclic) bond motifs is 1. The van der Waals surface area contributed by atoms with Crippen molar-refractivity contribution in [1.29, 1.82) is 0 Å². The topological polar surface area (TPSA) is 77.6 Å². The highest BCUT2D eigenvalue weighted by atomic mass is 16.5. The van der Waals surface area contributed by atoms with E-state index in [2.05, 4.69) is 34.3 Å². The Hall–Kier alpha value is -2.83. The van der Waals surface area contributed by atoms with Gasteiger partial charge < -0.3 is 20.1 Å². The molecule has 4 rings (SSSR count). The summed E-state index contributed by atoms with van der Waals surface area (Å²) in [4.78, 5) is 16.9. The molecule has 0 amide bonds. The highest BCUT2D eigenvalue weighted by Crippen LogP contribution is 2.34. The first-order valence-electron chi connectivity index (χ1n) is 9.50. The number of rotatable bonds is 5. The second-order valence-corrected chi connectivity index (χ2v) is 7.26. The molecule has 2 heterocycles. The predicted octanol–water partition coefficient (Wildman–Crippen LogP) is 3.33.